The summed E-state index contributed by atoms with van der Waals surface area (Å²) in [6.07, 6.45) is -0.318. The van der Waals surface area contributed by atoms with E-state index in [1.165, 1.54) is 39.7 Å². The Morgan fingerprint density at radius 1 is 1.22 bits per heavy atom. The van der Waals surface area contributed by atoms with Gasteiger partial charge in [-0.2, -0.15) is 13.2 Å². The number of carboxylic acid groups (broad SMARTS) is 1. The first-order valence-corrected chi connectivity index (χ1v) is 13.1. The van der Waals surface area contributed by atoms with Crippen molar-refractivity contribution in [3.8, 4) is 0 Å². The molecule has 1 N–H and O–H groups in total. The molecule has 1 aromatic carbocycles. The number of hydrogen-bond donors (Lipinski definition) is 1. The van der Waals surface area contributed by atoms with Gasteiger partial charge in [-0.1, -0.05) is 37.6 Å². The van der Waals surface area contributed by atoms with Crippen LogP contribution in [0.4, 0.5) is 13.2 Å². The number of halogens is 3. The standard InChI is InChI=1S/C23H26F3NO2S3/c1-4-5-6-15(9-10-30-22-27-14(3)18(32-22)12-20(28)29)21-13(2)17-8-7-16(23(24,25)26)11-19(17)31-21/h7-8,11,15H,4-6,9-10,12H2,1-3H3,(H,28,29)/t15-/m1/s1. The molecule has 0 aliphatic carbocycles. The number of aromatic nitrogens is 1. The maximum absolute atomic E-state index is 13.1. The number of thioether (sulfide) groups is 1. The Hall–Kier alpha value is -1.58. The van der Waals surface area contributed by atoms with Gasteiger partial charge < -0.3 is 5.11 Å². The molecule has 0 radical (unpaired) electrons. The third-order valence-corrected chi connectivity index (χ3v) is 9.21. The second-order valence-corrected chi connectivity index (χ2v) is 11.3. The second kappa shape index (κ2) is 10.6. The monoisotopic (exact) mass is 501 g/mol. The van der Waals surface area contributed by atoms with Crippen molar-refractivity contribution in [2.45, 2.75) is 69.3 Å². The third kappa shape index (κ3) is 6.05. The number of aryl methyl sites for hydroxylation is 2. The van der Waals surface area contributed by atoms with Crippen LogP contribution in [0.25, 0.3) is 10.1 Å². The Bertz CT molecular complexity index is 1090. The molecule has 3 aromatic rings. The maximum atomic E-state index is 13.1. The van der Waals surface area contributed by atoms with Crippen molar-refractivity contribution in [2.75, 3.05) is 5.75 Å². The number of rotatable bonds is 10. The molecule has 0 amide bonds. The van der Waals surface area contributed by atoms with Crippen LogP contribution in [0.3, 0.4) is 0 Å². The first kappa shape index (κ1) is 25.1. The van der Waals surface area contributed by atoms with E-state index in [4.69, 9.17) is 5.11 Å². The summed E-state index contributed by atoms with van der Waals surface area (Å²) in [6, 6.07) is 4.04. The molecular weight excluding hydrogens is 475 g/mol. The summed E-state index contributed by atoms with van der Waals surface area (Å²) in [5.74, 6) is 0.255. The fourth-order valence-electron chi connectivity index (χ4n) is 3.72. The first-order chi connectivity index (χ1) is 15.1. The van der Waals surface area contributed by atoms with E-state index in [1.54, 1.807) is 17.8 Å². The van der Waals surface area contributed by atoms with Crippen molar-refractivity contribution in [3.05, 3.63) is 44.8 Å². The Kier molecular flexibility index (Phi) is 8.27. The number of thiophene rings is 1. The number of carboxylic acids is 1. The minimum Gasteiger partial charge on any atom is -0.481 e. The molecule has 0 bridgehead atoms. The van der Waals surface area contributed by atoms with Crippen LogP contribution in [-0.2, 0) is 17.4 Å². The molecule has 0 spiro atoms. The van der Waals surface area contributed by atoms with E-state index in [0.717, 1.165) is 57.3 Å². The number of fused-ring (bicyclic) bond motifs is 1. The van der Waals surface area contributed by atoms with Gasteiger partial charge in [-0.25, -0.2) is 4.98 Å². The molecule has 2 heterocycles. The van der Waals surface area contributed by atoms with E-state index in [0.29, 0.717) is 4.70 Å². The van der Waals surface area contributed by atoms with E-state index in [9.17, 15) is 18.0 Å². The van der Waals surface area contributed by atoms with Gasteiger partial charge in [0.25, 0.3) is 0 Å². The molecule has 0 saturated heterocycles. The fourth-order valence-corrected chi connectivity index (χ4v) is 7.49. The SMILES string of the molecule is CCCC[C@H](CCSc1nc(C)c(CC(=O)O)s1)c1sc2cc(C(F)(F)F)ccc2c1C. The molecular formula is C23H26F3NO2S3. The summed E-state index contributed by atoms with van der Waals surface area (Å²) in [7, 11) is 0. The summed E-state index contributed by atoms with van der Waals surface area (Å²) in [4.78, 5) is 17.4. The zero-order valence-corrected chi connectivity index (χ0v) is 20.7. The highest BCUT2D eigenvalue weighted by Crippen LogP contribution is 2.42. The molecule has 0 saturated carbocycles. The summed E-state index contributed by atoms with van der Waals surface area (Å²) in [5.41, 5.74) is 1.25. The van der Waals surface area contributed by atoms with Crippen molar-refractivity contribution in [2.24, 2.45) is 0 Å². The van der Waals surface area contributed by atoms with Crippen LogP contribution in [0.5, 0.6) is 0 Å². The lowest BCUT2D eigenvalue weighted by Gasteiger charge is -2.16. The van der Waals surface area contributed by atoms with Crippen LogP contribution in [0, 0.1) is 13.8 Å². The highest BCUT2D eigenvalue weighted by Gasteiger charge is 2.31. The molecule has 0 aliphatic heterocycles. The molecule has 9 heteroatoms. The summed E-state index contributed by atoms with van der Waals surface area (Å²) in [5, 5.41) is 9.92. The minimum atomic E-state index is -4.34. The Morgan fingerprint density at radius 2 is 1.97 bits per heavy atom. The van der Waals surface area contributed by atoms with E-state index >= 15 is 0 Å². The van der Waals surface area contributed by atoms with Crippen LogP contribution in [0.15, 0.2) is 22.5 Å². The molecule has 2 aromatic heterocycles. The molecule has 3 rings (SSSR count). The number of thiazole rings is 1. The van der Waals surface area contributed by atoms with E-state index < -0.39 is 17.7 Å². The van der Waals surface area contributed by atoms with Gasteiger partial charge in [-0.15, -0.1) is 22.7 Å². The average Bonchev–Trinajstić information content (AvgIpc) is 3.22. The van der Waals surface area contributed by atoms with Crippen LogP contribution < -0.4 is 0 Å². The maximum Gasteiger partial charge on any atom is 0.416 e. The van der Waals surface area contributed by atoms with E-state index in [1.807, 2.05) is 13.8 Å². The number of nitrogens with zero attached hydrogens (tertiary/aromatic N) is 1. The molecule has 0 aliphatic rings. The Morgan fingerprint density at radius 3 is 2.62 bits per heavy atom. The molecule has 174 valence electrons. The molecule has 0 unspecified atom stereocenters. The van der Waals surface area contributed by atoms with Crippen molar-refractivity contribution >= 4 is 50.5 Å². The highest BCUT2D eigenvalue weighted by molar-refractivity contribution is 8.01. The third-order valence-electron chi connectivity index (χ3n) is 5.46. The van der Waals surface area contributed by atoms with Crippen molar-refractivity contribution in [1.29, 1.82) is 0 Å². The number of benzene rings is 1. The largest absolute Gasteiger partial charge is 0.481 e. The number of carbonyl (C=O) groups is 1. The lowest BCUT2D eigenvalue weighted by atomic mass is 9.94. The summed E-state index contributed by atoms with van der Waals surface area (Å²) < 4.78 is 41.0. The lowest BCUT2D eigenvalue weighted by molar-refractivity contribution is -0.138. The topological polar surface area (TPSA) is 50.2 Å². The van der Waals surface area contributed by atoms with Crippen LogP contribution in [0.2, 0.25) is 0 Å². The van der Waals surface area contributed by atoms with E-state index in [-0.39, 0.29) is 12.3 Å². The van der Waals surface area contributed by atoms with Crippen molar-refractivity contribution in [3.63, 3.8) is 0 Å². The summed E-state index contributed by atoms with van der Waals surface area (Å²) >= 11 is 4.54. The van der Waals surface area contributed by atoms with Gasteiger partial charge in [0.2, 0.25) is 0 Å². The number of aliphatic carboxylic acids is 1. The molecule has 3 nitrogen and oxygen atoms in total. The second-order valence-electron chi connectivity index (χ2n) is 7.84. The number of alkyl halides is 3. The molecule has 32 heavy (non-hydrogen) atoms. The normalized spacial score (nSPS) is 13.1. The van der Waals surface area contributed by atoms with Crippen LogP contribution >= 0.6 is 34.4 Å². The van der Waals surface area contributed by atoms with Gasteiger partial charge in [0.15, 0.2) is 0 Å². The van der Waals surface area contributed by atoms with E-state index in [2.05, 4.69) is 11.9 Å². The quantitative estimate of drug-likeness (QED) is 0.285. The number of unbranched alkanes of at least 4 members (excludes halogenated alkanes) is 1. The minimum absolute atomic E-state index is 0.00984. The van der Waals surface area contributed by atoms with Gasteiger partial charge in [0, 0.05) is 20.2 Å². The van der Waals surface area contributed by atoms with Gasteiger partial charge in [-0.05, 0) is 55.7 Å². The Labute approximate surface area is 198 Å². The smallest absolute Gasteiger partial charge is 0.416 e. The Balaban J connectivity index is 1.77. The molecule has 0 fully saturated rings. The summed E-state index contributed by atoms with van der Waals surface area (Å²) in [6.45, 7) is 5.98. The van der Waals surface area contributed by atoms with Crippen LogP contribution in [-0.4, -0.2) is 21.8 Å². The molecule has 1 atom stereocenters. The van der Waals surface area contributed by atoms with Gasteiger partial charge in [0.1, 0.15) is 4.34 Å². The van der Waals surface area contributed by atoms with Crippen molar-refractivity contribution in [1.82, 2.24) is 4.98 Å². The van der Waals surface area contributed by atoms with Crippen LogP contribution in [0.1, 0.15) is 65.1 Å². The predicted octanol–water partition coefficient (Wildman–Crippen LogP) is 8.08. The highest BCUT2D eigenvalue weighted by atomic mass is 32.2. The first-order valence-electron chi connectivity index (χ1n) is 10.5. The zero-order valence-electron chi connectivity index (χ0n) is 18.2. The average molecular weight is 502 g/mol. The predicted molar refractivity (Wildman–Crippen MR) is 127 cm³/mol. The fraction of sp³-hybridized carbons (Fsp3) is 0.478. The number of hydrogen-bond acceptors (Lipinski definition) is 5. The lowest BCUT2D eigenvalue weighted by Crippen LogP contribution is -2.03. The van der Waals surface area contributed by atoms with Crippen molar-refractivity contribution < 1.29 is 23.1 Å². The zero-order chi connectivity index (χ0) is 23.5. The van der Waals surface area contributed by atoms with Gasteiger partial charge >= 0.3 is 12.1 Å². The van der Waals surface area contributed by atoms with Gasteiger partial charge in [-0.3, -0.25) is 4.79 Å². The van der Waals surface area contributed by atoms with Gasteiger partial charge in [0.05, 0.1) is 17.7 Å².